The van der Waals surface area contributed by atoms with Crippen molar-refractivity contribution in [3.63, 3.8) is 0 Å². The van der Waals surface area contributed by atoms with E-state index < -0.39 is 12.0 Å². The lowest BCUT2D eigenvalue weighted by Gasteiger charge is -2.16. The van der Waals surface area contributed by atoms with Gasteiger partial charge in [-0.15, -0.1) is 11.3 Å². The molecule has 0 fully saturated rings. The summed E-state index contributed by atoms with van der Waals surface area (Å²) in [6, 6.07) is 11.0. The summed E-state index contributed by atoms with van der Waals surface area (Å²) >= 11 is 1.51. The number of rotatable bonds is 4. The molecule has 5 nitrogen and oxygen atoms in total. The van der Waals surface area contributed by atoms with E-state index in [0.717, 1.165) is 12.8 Å². The zero-order valence-corrected chi connectivity index (χ0v) is 15.2. The standard InChI is InChI=1S/C19H22N2O3S/c1-12-8-9-16-14(10-12)11-17(25-16)19(23)21-20-18(22)13(2)24-15-6-4-3-5-7-15/h3-7,11-13H,8-10H2,1-2H3,(H,20,22)(H,21,23). The summed E-state index contributed by atoms with van der Waals surface area (Å²) in [6.07, 6.45) is 2.51. The Morgan fingerprint density at radius 2 is 2.00 bits per heavy atom. The molecule has 1 aliphatic rings. The highest BCUT2D eigenvalue weighted by molar-refractivity contribution is 7.14. The molecular formula is C19H22N2O3S. The summed E-state index contributed by atoms with van der Waals surface area (Å²) in [6.45, 7) is 3.87. The maximum Gasteiger partial charge on any atom is 0.279 e. The molecule has 0 saturated heterocycles. The first-order chi connectivity index (χ1) is 12.0. The molecule has 1 aromatic heterocycles. The Labute approximate surface area is 151 Å². The number of benzene rings is 1. The predicted molar refractivity (Wildman–Crippen MR) is 97.6 cm³/mol. The number of hydrogen-bond donors (Lipinski definition) is 2. The molecule has 2 aromatic rings. The van der Waals surface area contributed by atoms with Crippen molar-refractivity contribution in [2.75, 3.05) is 0 Å². The van der Waals surface area contributed by atoms with Gasteiger partial charge in [-0.3, -0.25) is 20.4 Å². The molecule has 0 bridgehead atoms. The summed E-state index contributed by atoms with van der Waals surface area (Å²) in [7, 11) is 0. The van der Waals surface area contributed by atoms with E-state index in [4.69, 9.17) is 4.74 Å². The normalized spacial score (nSPS) is 17.3. The molecule has 2 amide bonds. The van der Waals surface area contributed by atoms with Crippen molar-refractivity contribution < 1.29 is 14.3 Å². The van der Waals surface area contributed by atoms with E-state index in [1.54, 1.807) is 19.1 Å². The van der Waals surface area contributed by atoms with Crippen molar-refractivity contribution in [1.29, 1.82) is 0 Å². The van der Waals surface area contributed by atoms with Crippen LogP contribution in [0, 0.1) is 5.92 Å². The Hall–Kier alpha value is -2.34. The van der Waals surface area contributed by atoms with Crippen LogP contribution in [0.4, 0.5) is 0 Å². The number of nitrogens with one attached hydrogen (secondary N) is 2. The van der Waals surface area contributed by atoms with Crippen LogP contribution in [0.3, 0.4) is 0 Å². The Bertz CT molecular complexity index is 757. The highest BCUT2D eigenvalue weighted by Gasteiger charge is 2.21. The third-order valence-corrected chi connectivity index (χ3v) is 5.51. The van der Waals surface area contributed by atoms with Gasteiger partial charge in [-0.05, 0) is 55.9 Å². The number of carbonyl (C=O) groups is 2. The van der Waals surface area contributed by atoms with E-state index in [1.165, 1.54) is 28.2 Å². The zero-order valence-electron chi connectivity index (χ0n) is 14.4. The van der Waals surface area contributed by atoms with E-state index in [1.807, 2.05) is 24.3 Å². The topological polar surface area (TPSA) is 67.4 Å². The fourth-order valence-corrected chi connectivity index (χ4v) is 3.96. The van der Waals surface area contributed by atoms with Crippen molar-refractivity contribution in [2.45, 2.75) is 39.2 Å². The predicted octanol–water partition coefficient (Wildman–Crippen LogP) is 3.10. The number of amides is 2. The molecular weight excluding hydrogens is 336 g/mol. The van der Waals surface area contributed by atoms with Crippen LogP contribution < -0.4 is 15.6 Å². The minimum absolute atomic E-state index is 0.285. The smallest absolute Gasteiger partial charge is 0.279 e. The molecule has 1 aromatic carbocycles. The summed E-state index contributed by atoms with van der Waals surface area (Å²) in [5.41, 5.74) is 6.18. The molecule has 6 heteroatoms. The number of fused-ring (bicyclic) bond motifs is 1. The highest BCUT2D eigenvalue weighted by atomic mass is 32.1. The van der Waals surface area contributed by atoms with Crippen molar-refractivity contribution in [2.24, 2.45) is 5.92 Å². The molecule has 0 saturated carbocycles. The van der Waals surface area contributed by atoms with Gasteiger partial charge >= 0.3 is 0 Å². The second kappa shape index (κ2) is 7.70. The molecule has 1 aliphatic carbocycles. The Morgan fingerprint density at radius 3 is 2.76 bits per heavy atom. The third kappa shape index (κ3) is 4.39. The van der Waals surface area contributed by atoms with Gasteiger partial charge in [0.05, 0.1) is 4.88 Å². The number of ether oxygens (including phenoxy) is 1. The number of aryl methyl sites for hydroxylation is 1. The highest BCUT2D eigenvalue weighted by Crippen LogP contribution is 2.32. The molecule has 0 aliphatic heterocycles. The maximum atomic E-state index is 12.3. The lowest BCUT2D eigenvalue weighted by molar-refractivity contribution is -0.128. The van der Waals surface area contributed by atoms with Gasteiger partial charge in [0.25, 0.3) is 11.8 Å². The molecule has 25 heavy (non-hydrogen) atoms. The number of thiophene rings is 1. The third-order valence-electron chi connectivity index (χ3n) is 4.28. The number of para-hydroxylation sites is 1. The summed E-state index contributed by atoms with van der Waals surface area (Å²) in [4.78, 5) is 26.3. The van der Waals surface area contributed by atoms with Gasteiger partial charge in [-0.25, -0.2) is 0 Å². The van der Waals surface area contributed by atoms with E-state index in [-0.39, 0.29) is 5.91 Å². The molecule has 1 heterocycles. The van der Waals surface area contributed by atoms with Crippen LogP contribution in [0.15, 0.2) is 36.4 Å². The summed E-state index contributed by atoms with van der Waals surface area (Å²) in [5.74, 6) is 0.588. The van der Waals surface area contributed by atoms with Gasteiger partial charge in [0, 0.05) is 4.88 Å². The molecule has 2 unspecified atom stereocenters. The number of carbonyl (C=O) groups excluding carboxylic acids is 2. The van der Waals surface area contributed by atoms with Gasteiger partial charge in [-0.2, -0.15) is 0 Å². The van der Waals surface area contributed by atoms with Crippen LogP contribution in [-0.2, 0) is 17.6 Å². The Kier molecular flexibility index (Phi) is 5.38. The van der Waals surface area contributed by atoms with E-state index in [2.05, 4.69) is 17.8 Å². The SMILES string of the molecule is CC1CCc2sc(C(=O)NNC(=O)C(C)Oc3ccccc3)cc2C1. The molecule has 3 rings (SSSR count). The zero-order chi connectivity index (χ0) is 17.8. The van der Waals surface area contributed by atoms with Gasteiger partial charge in [0.15, 0.2) is 6.10 Å². The monoisotopic (exact) mass is 358 g/mol. The number of hydrogen-bond acceptors (Lipinski definition) is 4. The first kappa shape index (κ1) is 17.5. The quantitative estimate of drug-likeness (QED) is 0.825. The van der Waals surface area contributed by atoms with Crippen LogP contribution >= 0.6 is 11.3 Å². The van der Waals surface area contributed by atoms with E-state index >= 15 is 0 Å². The van der Waals surface area contributed by atoms with Gasteiger partial charge < -0.3 is 4.74 Å². The molecule has 132 valence electrons. The van der Waals surface area contributed by atoms with Crippen molar-refractivity contribution in [1.82, 2.24) is 10.9 Å². The largest absolute Gasteiger partial charge is 0.481 e. The average molecular weight is 358 g/mol. The van der Waals surface area contributed by atoms with E-state index in [0.29, 0.717) is 16.5 Å². The van der Waals surface area contributed by atoms with Gasteiger partial charge in [-0.1, -0.05) is 25.1 Å². The van der Waals surface area contributed by atoms with Crippen LogP contribution in [0.5, 0.6) is 5.75 Å². The summed E-state index contributed by atoms with van der Waals surface area (Å²) in [5, 5.41) is 0. The van der Waals surface area contributed by atoms with Crippen molar-refractivity contribution in [3.05, 3.63) is 51.7 Å². The first-order valence-corrected chi connectivity index (χ1v) is 9.28. The van der Waals surface area contributed by atoms with E-state index in [9.17, 15) is 9.59 Å². The van der Waals surface area contributed by atoms with Crippen LogP contribution in [0.1, 0.15) is 40.4 Å². The number of hydrazine groups is 1. The minimum Gasteiger partial charge on any atom is -0.481 e. The van der Waals surface area contributed by atoms with Crippen LogP contribution in [0.25, 0.3) is 0 Å². The Balaban J connectivity index is 1.52. The van der Waals surface area contributed by atoms with Gasteiger partial charge in [0.1, 0.15) is 5.75 Å². The molecule has 0 spiro atoms. The lowest BCUT2D eigenvalue weighted by Crippen LogP contribution is -2.47. The lowest BCUT2D eigenvalue weighted by atomic mass is 9.90. The molecule has 2 atom stereocenters. The van der Waals surface area contributed by atoms with Crippen molar-refractivity contribution >= 4 is 23.2 Å². The average Bonchev–Trinajstić information content (AvgIpc) is 3.03. The van der Waals surface area contributed by atoms with Crippen LogP contribution in [-0.4, -0.2) is 17.9 Å². The van der Waals surface area contributed by atoms with Gasteiger partial charge in [0.2, 0.25) is 0 Å². The van der Waals surface area contributed by atoms with Crippen LogP contribution in [0.2, 0.25) is 0 Å². The fourth-order valence-electron chi connectivity index (χ4n) is 2.86. The fraction of sp³-hybridized carbons (Fsp3) is 0.368. The Morgan fingerprint density at radius 1 is 1.24 bits per heavy atom. The first-order valence-electron chi connectivity index (χ1n) is 8.46. The minimum atomic E-state index is -0.708. The molecule has 0 radical (unpaired) electrons. The van der Waals surface area contributed by atoms with Crippen molar-refractivity contribution in [3.8, 4) is 5.75 Å². The second-order valence-corrected chi connectivity index (χ2v) is 7.56. The summed E-state index contributed by atoms with van der Waals surface area (Å²) < 4.78 is 5.53. The maximum absolute atomic E-state index is 12.3. The molecule has 2 N–H and O–H groups in total. The second-order valence-electron chi connectivity index (χ2n) is 6.42.